The largest absolute Gasteiger partial charge is 0.477 e. The Hall–Kier alpha value is -6.86. The number of likely N-dealkylation sites (tertiary alicyclic amines) is 1. The van der Waals surface area contributed by atoms with E-state index in [2.05, 4.69) is 26.2 Å². The summed E-state index contributed by atoms with van der Waals surface area (Å²) in [4.78, 5) is 86.2. The normalized spacial score (nSPS) is 16.5. The van der Waals surface area contributed by atoms with Crippen molar-refractivity contribution in [3.63, 3.8) is 0 Å². The summed E-state index contributed by atoms with van der Waals surface area (Å²) in [6, 6.07) is 12.8. The molecule has 2 aliphatic rings. The van der Waals surface area contributed by atoms with Crippen molar-refractivity contribution < 1.29 is 44.1 Å². The molecular formula is C45H51ClN10O9. The summed E-state index contributed by atoms with van der Waals surface area (Å²) in [7, 11) is 0. The van der Waals surface area contributed by atoms with Gasteiger partial charge in [-0.25, -0.2) is 19.0 Å². The van der Waals surface area contributed by atoms with Crippen LogP contribution in [-0.4, -0.2) is 125 Å². The van der Waals surface area contributed by atoms with Gasteiger partial charge in [0, 0.05) is 61.0 Å². The lowest BCUT2D eigenvalue weighted by atomic mass is 9.77. The number of hydrogen-bond donors (Lipinski definition) is 5. The molecule has 65 heavy (non-hydrogen) atoms. The molecule has 2 aromatic heterocycles. The molecule has 0 spiro atoms. The lowest BCUT2D eigenvalue weighted by Gasteiger charge is -2.38. The number of anilines is 3. The van der Waals surface area contributed by atoms with Crippen LogP contribution >= 0.6 is 11.6 Å². The number of urea groups is 1. The number of nitrogens with one attached hydrogen (secondary N) is 2. The first-order chi connectivity index (χ1) is 30.7. The van der Waals surface area contributed by atoms with Crippen molar-refractivity contribution in [2.75, 3.05) is 48.3 Å². The van der Waals surface area contributed by atoms with Gasteiger partial charge in [-0.15, -0.1) is 5.10 Å². The average Bonchev–Trinajstić information content (AvgIpc) is 3.91. The van der Waals surface area contributed by atoms with Gasteiger partial charge in [0.15, 0.2) is 0 Å². The first-order valence-electron chi connectivity index (χ1n) is 21.1. The minimum atomic E-state index is -1.49. The van der Waals surface area contributed by atoms with Gasteiger partial charge in [-0.1, -0.05) is 65.3 Å². The number of carboxylic acids is 1. The van der Waals surface area contributed by atoms with Crippen LogP contribution in [0.1, 0.15) is 81.6 Å². The summed E-state index contributed by atoms with van der Waals surface area (Å²) >= 11 is 6.37. The Morgan fingerprint density at radius 2 is 1.57 bits per heavy atom. The third-order valence-electron chi connectivity index (χ3n) is 11.7. The maximum Gasteiger partial charge on any atom is 0.416 e. The molecule has 0 radical (unpaired) electrons. The Labute approximate surface area is 378 Å². The van der Waals surface area contributed by atoms with E-state index in [0.717, 1.165) is 17.4 Å². The van der Waals surface area contributed by atoms with Crippen LogP contribution in [0, 0.1) is 5.92 Å². The van der Waals surface area contributed by atoms with Gasteiger partial charge in [0.1, 0.15) is 18.1 Å². The maximum absolute atomic E-state index is 15.0. The third kappa shape index (κ3) is 9.24. The fraction of sp³-hybridized carbons (Fsp3) is 0.400. The SMILES string of the molecule is CC(C)(C)c1c(NC(=O)C(Cc2ccc(NC(=O)N3CCCC(CO)C3)cc2)N2CCN(c3cc(Cl)ccc3-n3cnnn3)C(=O)C2=O)ccc2c1c(C(C)(C)C)c(C(=O)O)n2C(=O)O. The number of piperidine rings is 1. The molecule has 2 aliphatic heterocycles. The molecule has 5 aromatic rings. The maximum atomic E-state index is 15.0. The number of piperazine rings is 1. The molecule has 5 amide bonds. The minimum Gasteiger partial charge on any atom is -0.477 e. The molecule has 0 saturated carbocycles. The lowest BCUT2D eigenvalue weighted by molar-refractivity contribution is -0.149. The van der Waals surface area contributed by atoms with Gasteiger partial charge in [-0.05, 0) is 99.2 Å². The number of rotatable bonds is 10. The van der Waals surface area contributed by atoms with E-state index in [9.17, 15) is 44.1 Å². The van der Waals surface area contributed by atoms with Gasteiger partial charge in [0.25, 0.3) is 0 Å². The second-order valence-electron chi connectivity index (χ2n) is 18.3. The topological polar surface area (TPSA) is 245 Å². The molecule has 3 aromatic carbocycles. The number of halogens is 1. The van der Waals surface area contributed by atoms with Gasteiger partial charge in [0.05, 0.1) is 16.9 Å². The van der Waals surface area contributed by atoms with Crippen LogP contribution in [-0.2, 0) is 31.6 Å². The zero-order chi connectivity index (χ0) is 47.1. The Morgan fingerprint density at radius 1 is 0.862 bits per heavy atom. The highest BCUT2D eigenvalue weighted by molar-refractivity contribution is 6.41. The average molecular weight is 911 g/mol. The van der Waals surface area contributed by atoms with Gasteiger partial charge < -0.3 is 40.7 Å². The molecule has 19 nitrogen and oxygen atoms in total. The van der Waals surface area contributed by atoms with E-state index in [-0.39, 0.29) is 65.5 Å². The molecule has 5 N–H and O–H groups in total. The number of carboxylic acid groups (broad SMARTS) is 2. The van der Waals surface area contributed by atoms with Gasteiger partial charge in [-0.2, -0.15) is 4.68 Å². The summed E-state index contributed by atoms with van der Waals surface area (Å²) in [6.45, 7) is 11.8. The number of tetrazole rings is 1. The second-order valence-corrected chi connectivity index (χ2v) is 18.8. The predicted octanol–water partition coefficient (Wildman–Crippen LogP) is 5.75. The van der Waals surface area contributed by atoms with Gasteiger partial charge in [0.2, 0.25) is 5.91 Å². The summed E-state index contributed by atoms with van der Waals surface area (Å²) in [5.74, 6) is -4.01. The number of aromatic nitrogens is 5. The smallest absolute Gasteiger partial charge is 0.416 e. The van der Waals surface area contributed by atoms with E-state index >= 15 is 0 Å². The predicted molar refractivity (Wildman–Crippen MR) is 241 cm³/mol. The van der Waals surface area contributed by atoms with Crippen molar-refractivity contribution in [3.8, 4) is 5.69 Å². The number of aliphatic hydroxyl groups is 1. The minimum absolute atomic E-state index is 0.00453. The summed E-state index contributed by atoms with van der Waals surface area (Å²) in [6.07, 6.45) is 1.38. The lowest BCUT2D eigenvalue weighted by Crippen LogP contribution is -2.60. The first kappa shape index (κ1) is 46.1. The number of fused-ring (bicyclic) bond motifs is 1. The Balaban J connectivity index is 1.26. The molecule has 2 unspecified atom stereocenters. The van der Waals surface area contributed by atoms with Crippen LogP contribution in [0.2, 0.25) is 5.02 Å². The molecule has 4 heterocycles. The Morgan fingerprint density at radius 3 is 2.18 bits per heavy atom. The monoisotopic (exact) mass is 910 g/mol. The van der Waals surface area contributed by atoms with Crippen LogP contribution in [0.3, 0.4) is 0 Å². The number of amides is 5. The highest BCUT2D eigenvalue weighted by Crippen LogP contribution is 2.44. The van der Waals surface area contributed by atoms with Crippen LogP contribution in [0.4, 0.5) is 26.7 Å². The summed E-state index contributed by atoms with van der Waals surface area (Å²) in [5.41, 5.74) is 0.735. The van der Waals surface area contributed by atoms with E-state index in [1.807, 2.05) is 20.8 Å². The zero-order valence-corrected chi connectivity index (χ0v) is 37.6. The van der Waals surface area contributed by atoms with E-state index in [4.69, 9.17) is 11.6 Å². The van der Waals surface area contributed by atoms with Crippen molar-refractivity contribution >= 4 is 75.4 Å². The number of benzene rings is 3. The molecule has 2 saturated heterocycles. The van der Waals surface area contributed by atoms with Crippen molar-refractivity contribution in [3.05, 3.63) is 88.3 Å². The van der Waals surface area contributed by atoms with Crippen molar-refractivity contribution in [2.45, 2.75) is 77.7 Å². The second kappa shape index (κ2) is 18.0. The standard InChI is InChI=1S/C45H51ClN10O9/c1-44(2,3)35-29(14-16-31-34(35)36(45(4,5)6)37(41(61)62)56(31)43(64)65)49-38(58)33(20-25-9-12-28(13-10-25)48-42(63)52-17-7-8-26(22-52)23-57)54-19-18-53(39(59)40(54)60)32-21-27(46)11-15-30(32)55-24-47-50-51-55/h9-16,21,24,26,33,57H,7-8,17-20,22-23H2,1-6H3,(H,48,63)(H,49,58)(H,61,62)(H,64,65). The van der Waals surface area contributed by atoms with Crippen LogP contribution in [0.15, 0.2) is 60.9 Å². The quantitative estimate of drug-likeness (QED) is 0.105. The van der Waals surface area contributed by atoms with Gasteiger partial charge in [-0.3, -0.25) is 14.4 Å². The molecule has 2 fully saturated rings. The van der Waals surface area contributed by atoms with Crippen molar-refractivity contribution in [2.24, 2.45) is 5.92 Å². The van der Waals surface area contributed by atoms with Crippen LogP contribution in [0.5, 0.6) is 0 Å². The molecular weight excluding hydrogens is 860 g/mol. The summed E-state index contributed by atoms with van der Waals surface area (Å²) < 4.78 is 2.08. The molecule has 0 bridgehead atoms. The molecule has 20 heteroatoms. The van der Waals surface area contributed by atoms with E-state index in [1.54, 1.807) is 62.1 Å². The molecule has 0 aliphatic carbocycles. The number of nitrogens with zero attached hydrogens (tertiary/aromatic N) is 8. The number of hydrogen-bond acceptors (Lipinski definition) is 10. The van der Waals surface area contributed by atoms with Crippen molar-refractivity contribution in [1.82, 2.24) is 34.6 Å². The Kier molecular flexibility index (Phi) is 12.7. The van der Waals surface area contributed by atoms with E-state index in [1.165, 1.54) is 39.0 Å². The third-order valence-corrected chi connectivity index (χ3v) is 12.0. The molecule has 2 atom stereocenters. The van der Waals surface area contributed by atoms with Crippen molar-refractivity contribution in [1.29, 1.82) is 0 Å². The van der Waals surface area contributed by atoms with Gasteiger partial charge >= 0.3 is 29.9 Å². The fourth-order valence-corrected chi connectivity index (χ4v) is 9.03. The van der Waals surface area contributed by atoms with E-state index in [0.29, 0.717) is 41.0 Å². The Bertz CT molecular complexity index is 2690. The number of carbonyl (C=O) groups excluding carboxylic acids is 4. The van der Waals surface area contributed by atoms with Crippen LogP contribution < -0.4 is 15.5 Å². The van der Waals surface area contributed by atoms with Crippen LogP contribution in [0.25, 0.3) is 16.6 Å². The van der Waals surface area contributed by atoms with E-state index < -0.39 is 52.3 Å². The number of aliphatic hydroxyl groups excluding tert-OH is 1. The first-order valence-corrected chi connectivity index (χ1v) is 21.5. The number of carbonyl (C=O) groups is 6. The molecule has 342 valence electrons. The summed E-state index contributed by atoms with van der Waals surface area (Å²) in [5, 5.41) is 48.2. The zero-order valence-electron chi connectivity index (χ0n) is 36.8. The highest BCUT2D eigenvalue weighted by atomic mass is 35.5. The highest BCUT2D eigenvalue weighted by Gasteiger charge is 2.42. The number of aromatic carboxylic acids is 1. The molecule has 7 rings (SSSR count). The fourth-order valence-electron chi connectivity index (χ4n) is 8.86.